The van der Waals surface area contributed by atoms with Crippen molar-refractivity contribution < 1.29 is 14.7 Å². The first-order valence-electron chi connectivity index (χ1n) is 8.26. The molecule has 0 radical (unpaired) electrons. The van der Waals surface area contributed by atoms with E-state index in [0.29, 0.717) is 6.42 Å². The molecule has 0 aromatic heterocycles. The van der Waals surface area contributed by atoms with Crippen molar-refractivity contribution in [2.75, 3.05) is 0 Å². The summed E-state index contributed by atoms with van der Waals surface area (Å²) in [7, 11) is 0. The van der Waals surface area contributed by atoms with E-state index in [2.05, 4.69) is 13.8 Å². The molecular weight excluding hydrogens is 252 g/mol. The van der Waals surface area contributed by atoms with Gasteiger partial charge in [-0.1, -0.05) is 71.6 Å². The van der Waals surface area contributed by atoms with Gasteiger partial charge in [0.15, 0.2) is 0 Å². The summed E-state index contributed by atoms with van der Waals surface area (Å²) in [5.41, 5.74) is 0. The molecule has 0 aliphatic rings. The summed E-state index contributed by atoms with van der Waals surface area (Å²) in [6, 6.07) is 0. The van der Waals surface area contributed by atoms with Gasteiger partial charge in [0.2, 0.25) is 0 Å². The van der Waals surface area contributed by atoms with Crippen LogP contribution in [0.5, 0.6) is 0 Å². The predicted octanol–water partition coefficient (Wildman–Crippen LogP) is 4.98. The molecule has 0 unspecified atom stereocenters. The molecule has 0 bridgehead atoms. The summed E-state index contributed by atoms with van der Waals surface area (Å²) in [6.45, 7) is 4.56. The lowest BCUT2D eigenvalue weighted by Crippen LogP contribution is -2.05. The largest absolute Gasteiger partial charge is 0.481 e. The van der Waals surface area contributed by atoms with Crippen LogP contribution in [0, 0.1) is 5.92 Å². The van der Waals surface area contributed by atoms with Crippen molar-refractivity contribution in [3.8, 4) is 0 Å². The smallest absolute Gasteiger partial charge is 0.310 e. The van der Waals surface area contributed by atoms with Crippen LogP contribution in [0.1, 0.15) is 90.9 Å². The van der Waals surface area contributed by atoms with Gasteiger partial charge < -0.3 is 5.11 Å². The Kier molecular flexibility index (Phi) is 12.6. The van der Waals surface area contributed by atoms with Crippen LogP contribution < -0.4 is 0 Å². The number of ketones is 1. The van der Waals surface area contributed by atoms with Crippen molar-refractivity contribution >= 4 is 11.8 Å². The number of rotatable bonds is 14. The van der Waals surface area contributed by atoms with Gasteiger partial charge in [-0.05, 0) is 12.3 Å². The van der Waals surface area contributed by atoms with E-state index in [1.165, 1.54) is 51.4 Å². The molecule has 0 spiro atoms. The molecule has 0 saturated carbocycles. The molecule has 20 heavy (non-hydrogen) atoms. The molecule has 0 rings (SSSR count). The van der Waals surface area contributed by atoms with E-state index >= 15 is 0 Å². The maximum absolute atomic E-state index is 11.2. The van der Waals surface area contributed by atoms with Crippen LogP contribution >= 0.6 is 0 Å². The van der Waals surface area contributed by atoms with Crippen LogP contribution in [-0.2, 0) is 9.59 Å². The summed E-state index contributed by atoms with van der Waals surface area (Å²) >= 11 is 0. The second kappa shape index (κ2) is 13.1. The molecule has 1 N–H and O–H groups in total. The van der Waals surface area contributed by atoms with E-state index in [4.69, 9.17) is 5.11 Å². The maximum Gasteiger partial charge on any atom is 0.310 e. The van der Waals surface area contributed by atoms with Gasteiger partial charge in [0.1, 0.15) is 12.2 Å². The van der Waals surface area contributed by atoms with Crippen LogP contribution in [0.2, 0.25) is 0 Å². The lowest BCUT2D eigenvalue weighted by Gasteiger charge is -2.04. The van der Waals surface area contributed by atoms with Gasteiger partial charge >= 0.3 is 5.97 Å². The monoisotopic (exact) mass is 284 g/mol. The molecule has 0 atom stereocenters. The van der Waals surface area contributed by atoms with Gasteiger partial charge in [0.25, 0.3) is 0 Å². The van der Waals surface area contributed by atoms with E-state index < -0.39 is 5.97 Å². The Bertz CT molecular complexity index is 259. The van der Waals surface area contributed by atoms with Crippen LogP contribution in [0.4, 0.5) is 0 Å². The molecule has 3 nitrogen and oxygen atoms in total. The molecule has 0 heterocycles. The van der Waals surface area contributed by atoms with Gasteiger partial charge in [-0.2, -0.15) is 0 Å². The Labute approximate surface area is 124 Å². The lowest BCUT2D eigenvalue weighted by atomic mass is 10.0. The zero-order valence-corrected chi connectivity index (χ0v) is 13.3. The lowest BCUT2D eigenvalue weighted by molar-refractivity contribution is -0.140. The number of aliphatic carboxylic acids is 1. The quantitative estimate of drug-likeness (QED) is 0.361. The molecule has 0 aromatic rings. The average molecular weight is 284 g/mol. The summed E-state index contributed by atoms with van der Waals surface area (Å²) in [5.74, 6) is -0.311. The Morgan fingerprint density at radius 3 is 1.70 bits per heavy atom. The summed E-state index contributed by atoms with van der Waals surface area (Å²) in [4.78, 5) is 21.5. The molecule has 0 saturated heterocycles. The third kappa shape index (κ3) is 15.2. The number of carboxylic acids is 1. The minimum atomic E-state index is -1.01. The molecule has 3 heteroatoms. The van der Waals surface area contributed by atoms with E-state index in [9.17, 15) is 9.59 Å². The molecule has 0 amide bonds. The molecular formula is C17H32O3. The fraction of sp³-hybridized carbons (Fsp3) is 0.882. The standard InChI is InChI=1S/C17H32O3/c1-15(2)12-10-8-6-4-3-5-7-9-11-13-16(18)14-17(19)20/h15H,3-14H2,1-2H3,(H,19,20). The van der Waals surface area contributed by atoms with E-state index in [1.807, 2.05) is 0 Å². The number of Topliss-reactive ketones (excluding diaryl/α,β-unsaturated/α-hetero) is 1. The number of hydrogen-bond acceptors (Lipinski definition) is 2. The van der Waals surface area contributed by atoms with E-state index in [0.717, 1.165) is 18.8 Å². The first-order chi connectivity index (χ1) is 9.52. The highest BCUT2D eigenvalue weighted by Crippen LogP contribution is 2.13. The highest BCUT2D eigenvalue weighted by molar-refractivity contribution is 5.94. The normalized spacial score (nSPS) is 10.9. The van der Waals surface area contributed by atoms with Gasteiger partial charge in [0.05, 0.1) is 0 Å². The third-order valence-corrected chi connectivity index (χ3v) is 3.59. The Morgan fingerprint density at radius 1 is 0.800 bits per heavy atom. The van der Waals surface area contributed by atoms with Crippen molar-refractivity contribution in [3.63, 3.8) is 0 Å². The SMILES string of the molecule is CC(C)CCCCCCCCCCCC(=O)CC(=O)O. The first-order valence-corrected chi connectivity index (χ1v) is 8.26. The molecule has 118 valence electrons. The van der Waals surface area contributed by atoms with Crippen molar-refractivity contribution in [3.05, 3.63) is 0 Å². The van der Waals surface area contributed by atoms with Crippen molar-refractivity contribution in [1.29, 1.82) is 0 Å². The molecule has 0 fully saturated rings. The average Bonchev–Trinajstić information content (AvgIpc) is 2.34. The third-order valence-electron chi connectivity index (χ3n) is 3.59. The Morgan fingerprint density at radius 2 is 1.25 bits per heavy atom. The van der Waals surface area contributed by atoms with Gasteiger partial charge in [-0.15, -0.1) is 0 Å². The Balaban J connectivity index is 3.13. The fourth-order valence-corrected chi connectivity index (χ4v) is 2.37. The van der Waals surface area contributed by atoms with Crippen molar-refractivity contribution in [2.45, 2.75) is 90.9 Å². The zero-order valence-electron chi connectivity index (χ0n) is 13.3. The van der Waals surface area contributed by atoms with Crippen LogP contribution in [0.25, 0.3) is 0 Å². The van der Waals surface area contributed by atoms with Crippen molar-refractivity contribution in [1.82, 2.24) is 0 Å². The number of carbonyl (C=O) groups excluding carboxylic acids is 1. The summed E-state index contributed by atoms with van der Waals surface area (Å²) < 4.78 is 0. The zero-order chi connectivity index (χ0) is 15.2. The van der Waals surface area contributed by atoms with E-state index in [1.54, 1.807) is 0 Å². The number of hydrogen-bond donors (Lipinski definition) is 1. The maximum atomic E-state index is 11.2. The van der Waals surface area contributed by atoms with E-state index in [-0.39, 0.29) is 12.2 Å². The number of carboxylic acid groups (broad SMARTS) is 1. The molecule has 0 aliphatic heterocycles. The highest BCUT2D eigenvalue weighted by Gasteiger charge is 2.06. The van der Waals surface area contributed by atoms with Crippen LogP contribution in [0.15, 0.2) is 0 Å². The molecule has 0 aliphatic carbocycles. The van der Waals surface area contributed by atoms with Crippen molar-refractivity contribution in [2.24, 2.45) is 5.92 Å². The Hall–Kier alpha value is -0.860. The highest BCUT2D eigenvalue weighted by atomic mass is 16.4. The fourth-order valence-electron chi connectivity index (χ4n) is 2.37. The number of unbranched alkanes of at least 4 members (excludes halogenated alkanes) is 8. The minimum absolute atomic E-state index is 0.136. The minimum Gasteiger partial charge on any atom is -0.481 e. The second-order valence-electron chi connectivity index (χ2n) is 6.22. The summed E-state index contributed by atoms with van der Waals surface area (Å²) in [6.07, 6.45) is 12.5. The van der Waals surface area contributed by atoms with Gasteiger partial charge in [-0.25, -0.2) is 0 Å². The second-order valence-corrected chi connectivity index (χ2v) is 6.22. The van der Waals surface area contributed by atoms with Gasteiger partial charge in [-0.3, -0.25) is 9.59 Å². The number of carbonyl (C=O) groups is 2. The topological polar surface area (TPSA) is 54.4 Å². The molecule has 0 aromatic carbocycles. The first kappa shape index (κ1) is 19.1. The summed E-state index contributed by atoms with van der Waals surface area (Å²) in [5, 5.41) is 8.45. The van der Waals surface area contributed by atoms with Crippen LogP contribution in [-0.4, -0.2) is 16.9 Å². The predicted molar refractivity (Wildman–Crippen MR) is 82.9 cm³/mol. The van der Waals surface area contributed by atoms with Crippen LogP contribution in [0.3, 0.4) is 0 Å². The van der Waals surface area contributed by atoms with Gasteiger partial charge in [0, 0.05) is 6.42 Å².